The summed E-state index contributed by atoms with van der Waals surface area (Å²) in [7, 11) is 0. The van der Waals surface area contributed by atoms with Crippen LogP contribution in [0.4, 0.5) is 11.5 Å². The third-order valence-corrected chi connectivity index (χ3v) is 4.08. The fourth-order valence-corrected chi connectivity index (χ4v) is 2.75. The Morgan fingerprint density at radius 3 is 2.80 bits per heavy atom. The van der Waals surface area contributed by atoms with Crippen molar-refractivity contribution in [2.24, 2.45) is 0 Å². The summed E-state index contributed by atoms with van der Waals surface area (Å²) in [5.74, 6) is 0.447. The normalized spacial score (nSPS) is 10.8. The molecule has 0 radical (unpaired) electrons. The molecule has 7 nitrogen and oxygen atoms in total. The average molecular weight is 295 g/mol. The van der Waals surface area contributed by atoms with Crippen LogP contribution in [0.1, 0.15) is 29.4 Å². The molecule has 0 bridgehead atoms. The smallest absolute Gasteiger partial charge is 0.333 e. The molecule has 0 aliphatic heterocycles. The van der Waals surface area contributed by atoms with Gasteiger partial charge in [-0.05, 0) is 20.3 Å². The first-order valence-corrected chi connectivity index (χ1v) is 7.27. The minimum absolute atomic E-state index is 0.0409. The van der Waals surface area contributed by atoms with Gasteiger partial charge in [-0.1, -0.05) is 6.92 Å². The third kappa shape index (κ3) is 2.79. The number of thiazole rings is 1. The molecule has 2 aromatic rings. The largest absolute Gasteiger partial charge is 0.358 e. The Morgan fingerprint density at radius 2 is 2.25 bits per heavy atom. The van der Waals surface area contributed by atoms with Crippen LogP contribution >= 0.6 is 11.3 Å². The molecule has 2 rings (SSSR count). The summed E-state index contributed by atoms with van der Waals surface area (Å²) < 4.78 is 1.61. The predicted octanol–water partition coefficient (Wildman–Crippen LogP) is 2.75. The summed E-state index contributed by atoms with van der Waals surface area (Å²) in [6.45, 7) is 6.67. The van der Waals surface area contributed by atoms with E-state index in [9.17, 15) is 10.1 Å². The van der Waals surface area contributed by atoms with Crippen LogP contribution in [0.15, 0.2) is 6.20 Å². The maximum Gasteiger partial charge on any atom is 0.333 e. The minimum Gasteiger partial charge on any atom is -0.358 e. The molecular formula is C12H17N5O2S. The fraction of sp³-hybridized carbons (Fsp3) is 0.500. The predicted molar refractivity (Wildman–Crippen MR) is 78.1 cm³/mol. The fourth-order valence-electron chi connectivity index (χ4n) is 1.95. The van der Waals surface area contributed by atoms with E-state index in [1.54, 1.807) is 22.9 Å². The van der Waals surface area contributed by atoms with Crippen molar-refractivity contribution < 1.29 is 4.92 Å². The van der Waals surface area contributed by atoms with Crippen LogP contribution in [-0.2, 0) is 19.5 Å². The van der Waals surface area contributed by atoms with Crippen LogP contribution in [0.2, 0.25) is 0 Å². The van der Waals surface area contributed by atoms with Gasteiger partial charge in [0.1, 0.15) is 10.7 Å². The maximum atomic E-state index is 11.1. The number of aryl methyl sites for hydroxylation is 3. The molecule has 2 heterocycles. The second-order valence-electron chi connectivity index (χ2n) is 4.28. The zero-order chi connectivity index (χ0) is 14.7. The van der Waals surface area contributed by atoms with E-state index in [0.717, 1.165) is 11.4 Å². The molecule has 20 heavy (non-hydrogen) atoms. The van der Waals surface area contributed by atoms with Crippen LogP contribution in [0, 0.1) is 17.0 Å². The van der Waals surface area contributed by atoms with Crippen LogP contribution < -0.4 is 5.32 Å². The zero-order valence-corrected chi connectivity index (χ0v) is 12.5. The van der Waals surface area contributed by atoms with E-state index in [1.165, 1.54) is 4.88 Å². The number of hydrogen-bond acceptors (Lipinski definition) is 6. The number of hydrogen-bond donors (Lipinski definition) is 1. The Bertz CT molecular complexity index is 619. The van der Waals surface area contributed by atoms with E-state index in [0.29, 0.717) is 24.6 Å². The quantitative estimate of drug-likeness (QED) is 0.654. The van der Waals surface area contributed by atoms with Gasteiger partial charge in [-0.2, -0.15) is 5.10 Å². The average Bonchev–Trinajstić information content (AvgIpc) is 2.99. The molecule has 0 unspecified atom stereocenters. The van der Waals surface area contributed by atoms with E-state index in [2.05, 4.69) is 22.3 Å². The van der Waals surface area contributed by atoms with Crippen molar-refractivity contribution in [1.29, 1.82) is 0 Å². The lowest BCUT2D eigenvalue weighted by Gasteiger charge is -2.05. The SMILES string of the molecule is CCc1cnc(CNc2c([N+](=O)[O-])c(C)nn2CC)s1. The third-order valence-electron chi connectivity index (χ3n) is 2.93. The Kier molecular flexibility index (Phi) is 4.33. The summed E-state index contributed by atoms with van der Waals surface area (Å²) >= 11 is 1.61. The van der Waals surface area contributed by atoms with E-state index >= 15 is 0 Å². The molecule has 0 amide bonds. The van der Waals surface area contributed by atoms with Crippen molar-refractivity contribution in [3.05, 3.63) is 31.9 Å². The van der Waals surface area contributed by atoms with Gasteiger partial charge in [0, 0.05) is 17.6 Å². The molecule has 0 saturated heterocycles. The van der Waals surface area contributed by atoms with Crippen LogP contribution in [-0.4, -0.2) is 19.7 Å². The van der Waals surface area contributed by atoms with Gasteiger partial charge in [0.05, 0.1) is 11.5 Å². The van der Waals surface area contributed by atoms with Gasteiger partial charge in [-0.3, -0.25) is 10.1 Å². The molecule has 8 heteroatoms. The van der Waals surface area contributed by atoms with Gasteiger partial charge in [0.2, 0.25) is 5.82 Å². The Balaban J connectivity index is 2.21. The van der Waals surface area contributed by atoms with Crippen molar-refractivity contribution in [3.63, 3.8) is 0 Å². The minimum atomic E-state index is -0.393. The van der Waals surface area contributed by atoms with E-state index < -0.39 is 4.92 Å². The monoisotopic (exact) mass is 295 g/mol. The molecule has 0 saturated carbocycles. The van der Waals surface area contributed by atoms with Crippen molar-refractivity contribution in [2.45, 2.75) is 40.3 Å². The standard InChI is InChI=1S/C12H17N5O2S/c1-4-9-6-13-10(20-9)7-14-12-11(17(18)19)8(3)15-16(12)5-2/h6,14H,4-5,7H2,1-3H3. The number of nitro groups is 1. The van der Waals surface area contributed by atoms with E-state index in [4.69, 9.17) is 0 Å². The number of aromatic nitrogens is 3. The molecule has 108 valence electrons. The lowest BCUT2D eigenvalue weighted by Crippen LogP contribution is -2.08. The van der Waals surface area contributed by atoms with Crippen molar-refractivity contribution in [1.82, 2.24) is 14.8 Å². The number of nitrogens with one attached hydrogen (secondary N) is 1. The number of nitrogens with zero attached hydrogens (tertiary/aromatic N) is 4. The van der Waals surface area contributed by atoms with Gasteiger partial charge in [-0.15, -0.1) is 11.3 Å². The topological polar surface area (TPSA) is 85.9 Å². The maximum absolute atomic E-state index is 11.1. The van der Waals surface area contributed by atoms with E-state index in [-0.39, 0.29) is 5.69 Å². The first-order valence-electron chi connectivity index (χ1n) is 6.46. The lowest BCUT2D eigenvalue weighted by molar-refractivity contribution is -0.384. The number of anilines is 1. The molecule has 0 aliphatic rings. The van der Waals surface area contributed by atoms with Gasteiger partial charge in [0.25, 0.3) is 0 Å². The zero-order valence-electron chi connectivity index (χ0n) is 11.7. The van der Waals surface area contributed by atoms with Crippen molar-refractivity contribution in [3.8, 4) is 0 Å². The Hall–Kier alpha value is -1.96. The first kappa shape index (κ1) is 14.4. The second-order valence-corrected chi connectivity index (χ2v) is 5.48. The Morgan fingerprint density at radius 1 is 1.50 bits per heavy atom. The molecule has 0 atom stereocenters. The van der Waals surface area contributed by atoms with Gasteiger partial charge < -0.3 is 5.32 Å². The summed E-state index contributed by atoms with van der Waals surface area (Å²) in [6, 6.07) is 0. The highest BCUT2D eigenvalue weighted by Crippen LogP contribution is 2.28. The van der Waals surface area contributed by atoms with Crippen LogP contribution in [0.3, 0.4) is 0 Å². The highest BCUT2D eigenvalue weighted by molar-refractivity contribution is 7.11. The molecule has 2 aromatic heterocycles. The highest BCUT2D eigenvalue weighted by atomic mass is 32.1. The lowest BCUT2D eigenvalue weighted by atomic mass is 10.4. The van der Waals surface area contributed by atoms with Crippen molar-refractivity contribution >= 4 is 22.8 Å². The summed E-state index contributed by atoms with van der Waals surface area (Å²) in [5, 5.41) is 19.3. The molecule has 0 spiro atoms. The molecular weight excluding hydrogens is 278 g/mol. The van der Waals surface area contributed by atoms with Gasteiger partial charge >= 0.3 is 5.69 Å². The second kappa shape index (κ2) is 6.00. The van der Waals surface area contributed by atoms with Crippen LogP contribution in [0.25, 0.3) is 0 Å². The molecule has 0 fully saturated rings. The van der Waals surface area contributed by atoms with E-state index in [1.807, 2.05) is 13.1 Å². The van der Waals surface area contributed by atoms with Crippen LogP contribution in [0.5, 0.6) is 0 Å². The van der Waals surface area contributed by atoms with Gasteiger partial charge in [-0.25, -0.2) is 9.67 Å². The van der Waals surface area contributed by atoms with Gasteiger partial charge in [0.15, 0.2) is 0 Å². The highest BCUT2D eigenvalue weighted by Gasteiger charge is 2.24. The number of rotatable bonds is 6. The summed E-state index contributed by atoms with van der Waals surface area (Å²) in [5.41, 5.74) is 0.465. The molecule has 1 N–H and O–H groups in total. The van der Waals surface area contributed by atoms with Crippen molar-refractivity contribution in [2.75, 3.05) is 5.32 Å². The molecule has 0 aromatic carbocycles. The Labute approximate surface area is 120 Å². The first-order chi connectivity index (χ1) is 9.56. The summed E-state index contributed by atoms with van der Waals surface area (Å²) in [4.78, 5) is 16.2. The summed E-state index contributed by atoms with van der Waals surface area (Å²) in [6.07, 6.45) is 2.79. The molecule has 0 aliphatic carbocycles.